The van der Waals surface area contributed by atoms with Gasteiger partial charge in [-0.3, -0.25) is 13.9 Å². The van der Waals surface area contributed by atoms with Gasteiger partial charge in [0.2, 0.25) is 21.8 Å². The predicted octanol–water partition coefficient (Wildman–Crippen LogP) is 4.50. The maximum absolute atomic E-state index is 13.8. The van der Waals surface area contributed by atoms with Crippen LogP contribution < -0.4 is 19.1 Å². The zero-order chi connectivity index (χ0) is 28.5. The van der Waals surface area contributed by atoms with E-state index in [2.05, 4.69) is 5.32 Å². The molecule has 2 aromatic carbocycles. The number of hydrogen-bond donors (Lipinski definition) is 1. The van der Waals surface area contributed by atoms with E-state index in [1.165, 1.54) is 31.3 Å². The van der Waals surface area contributed by atoms with E-state index in [1.54, 1.807) is 31.2 Å². The SMILES string of the molecule is CCCCNC(=O)[C@H](CC)N(Cc1c(Cl)cccc1Cl)C(=O)CN(c1ccc(OC)cc1OC)S(C)(=O)=O. The van der Waals surface area contributed by atoms with Crippen LogP contribution >= 0.6 is 23.2 Å². The molecule has 0 spiro atoms. The molecule has 0 aliphatic carbocycles. The first-order valence-electron chi connectivity index (χ1n) is 12.2. The molecular weight excluding hydrogens is 553 g/mol. The lowest BCUT2D eigenvalue weighted by molar-refractivity contribution is -0.140. The lowest BCUT2D eigenvalue weighted by Gasteiger charge is -2.33. The topological polar surface area (TPSA) is 105 Å². The molecule has 12 heteroatoms. The number of halogens is 2. The van der Waals surface area contributed by atoms with Crippen molar-refractivity contribution in [2.24, 2.45) is 0 Å². The molecule has 0 saturated carbocycles. The van der Waals surface area contributed by atoms with Crippen molar-refractivity contribution >= 4 is 50.7 Å². The molecule has 0 bridgehead atoms. The fourth-order valence-electron chi connectivity index (χ4n) is 3.87. The second-order valence-corrected chi connectivity index (χ2v) is 11.3. The molecule has 2 aromatic rings. The van der Waals surface area contributed by atoms with Gasteiger partial charge < -0.3 is 19.7 Å². The molecule has 210 valence electrons. The summed E-state index contributed by atoms with van der Waals surface area (Å²) in [5.41, 5.74) is 0.609. The van der Waals surface area contributed by atoms with E-state index in [0.717, 1.165) is 23.4 Å². The zero-order valence-corrected chi connectivity index (χ0v) is 24.6. The standard InChI is InChI=1S/C26H35Cl2N3O6S/c1-6-8-14-29-26(33)22(7-2)30(16-19-20(27)10-9-11-21(19)28)25(32)17-31(38(5,34)35)23-13-12-18(36-3)15-24(23)37-4/h9-13,15,22H,6-8,14,16-17H2,1-5H3,(H,29,33)/t22-/m0/s1. The number of rotatable bonds is 14. The number of nitrogens with zero attached hydrogens (tertiary/aromatic N) is 2. The first-order chi connectivity index (χ1) is 18.0. The minimum Gasteiger partial charge on any atom is -0.497 e. The third-order valence-electron chi connectivity index (χ3n) is 5.94. The van der Waals surface area contributed by atoms with Crippen LogP contribution in [0.2, 0.25) is 10.0 Å². The van der Waals surface area contributed by atoms with Gasteiger partial charge >= 0.3 is 0 Å². The summed E-state index contributed by atoms with van der Waals surface area (Å²) in [6.45, 7) is 3.57. The minimum absolute atomic E-state index is 0.0889. The third-order valence-corrected chi connectivity index (χ3v) is 7.78. The van der Waals surface area contributed by atoms with Crippen LogP contribution in [-0.4, -0.2) is 64.7 Å². The number of anilines is 1. The van der Waals surface area contributed by atoms with Crippen LogP contribution in [0.5, 0.6) is 11.5 Å². The number of benzene rings is 2. The van der Waals surface area contributed by atoms with Crippen molar-refractivity contribution in [3.63, 3.8) is 0 Å². The van der Waals surface area contributed by atoms with Gasteiger partial charge in [-0.25, -0.2) is 8.42 Å². The average Bonchev–Trinajstić information content (AvgIpc) is 2.87. The number of sulfonamides is 1. The molecule has 0 heterocycles. The molecule has 1 atom stereocenters. The summed E-state index contributed by atoms with van der Waals surface area (Å²) in [4.78, 5) is 28.3. The first-order valence-corrected chi connectivity index (χ1v) is 14.8. The second-order valence-electron chi connectivity index (χ2n) is 8.60. The molecule has 0 aliphatic heterocycles. The van der Waals surface area contributed by atoms with Crippen LogP contribution in [0.15, 0.2) is 36.4 Å². The monoisotopic (exact) mass is 587 g/mol. The van der Waals surface area contributed by atoms with Gasteiger partial charge in [0.1, 0.15) is 24.1 Å². The fourth-order valence-corrected chi connectivity index (χ4v) is 5.24. The highest BCUT2D eigenvalue weighted by molar-refractivity contribution is 7.92. The Bertz CT molecular complexity index is 1210. The molecule has 1 N–H and O–H groups in total. The average molecular weight is 589 g/mol. The maximum atomic E-state index is 13.8. The van der Waals surface area contributed by atoms with E-state index in [-0.39, 0.29) is 30.3 Å². The smallest absolute Gasteiger partial charge is 0.244 e. The maximum Gasteiger partial charge on any atom is 0.244 e. The summed E-state index contributed by atoms with van der Waals surface area (Å²) in [6, 6.07) is 8.66. The van der Waals surface area contributed by atoms with Gasteiger partial charge in [0.15, 0.2) is 0 Å². The summed E-state index contributed by atoms with van der Waals surface area (Å²) in [6.07, 6.45) is 2.96. The third kappa shape index (κ3) is 8.15. The lowest BCUT2D eigenvalue weighted by Crippen LogP contribution is -2.52. The zero-order valence-electron chi connectivity index (χ0n) is 22.3. The molecule has 9 nitrogen and oxygen atoms in total. The Hall–Kier alpha value is -2.69. The predicted molar refractivity (Wildman–Crippen MR) is 151 cm³/mol. The van der Waals surface area contributed by atoms with Gasteiger partial charge in [-0.05, 0) is 37.1 Å². The Morgan fingerprint density at radius 1 is 1.05 bits per heavy atom. The van der Waals surface area contributed by atoms with Crippen molar-refractivity contribution < 1.29 is 27.5 Å². The molecule has 0 radical (unpaired) electrons. The van der Waals surface area contributed by atoms with Gasteiger partial charge in [-0.15, -0.1) is 0 Å². The molecule has 0 saturated heterocycles. The Morgan fingerprint density at radius 2 is 1.71 bits per heavy atom. The van der Waals surface area contributed by atoms with E-state index < -0.39 is 28.5 Å². The van der Waals surface area contributed by atoms with Gasteiger partial charge in [0.05, 0.1) is 26.2 Å². The van der Waals surface area contributed by atoms with Crippen molar-refractivity contribution in [1.29, 1.82) is 0 Å². The van der Waals surface area contributed by atoms with E-state index in [0.29, 0.717) is 27.9 Å². The van der Waals surface area contributed by atoms with E-state index in [4.69, 9.17) is 32.7 Å². The number of carbonyl (C=O) groups excluding carboxylic acids is 2. The number of methoxy groups -OCH3 is 2. The molecule has 0 aliphatic rings. The summed E-state index contributed by atoms with van der Waals surface area (Å²) in [5.74, 6) is -0.296. The molecule has 0 aromatic heterocycles. The first kappa shape index (κ1) is 31.5. The number of carbonyl (C=O) groups is 2. The van der Waals surface area contributed by atoms with Gasteiger partial charge in [0, 0.05) is 34.8 Å². The fraction of sp³-hybridized carbons (Fsp3) is 0.462. The van der Waals surface area contributed by atoms with Crippen LogP contribution in [0.1, 0.15) is 38.7 Å². The molecular formula is C26H35Cl2N3O6S. The molecule has 2 rings (SSSR count). The highest BCUT2D eigenvalue weighted by atomic mass is 35.5. The van der Waals surface area contributed by atoms with Crippen molar-refractivity contribution in [3.05, 3.63) is 52.0 Å². The van der Waals surface area contributed by atoms with Crippen molar-refractivity contribution in [2.45, 2.75) is 45.7 Å². The van der Waals surface area contributed by atoms with Crippen molar-refractivity contribution in [1.82, 2.24) is 10.2 Å². The Balaban J connectivity index is 2.53. The summed E-state index contributed by atoms with van der Waals surface area (Å²) < 4.78 is 37.3. The van der Waals surface area contributed by atoms with Crippen LogP contribution in [0.3, 0.4) is 0 Å². The molecule has 0 fully saturated rings. The van der Waals surface area contributed by atoms with Crippen LogP contribution in [0, 0.1) is 0 Å². The number of ether oxygens (including phenoxy) is 2. The van der Waals surface area contributed by atoms with Crippen LogP contribution in [-0.2, 0) is 26.2 Å². The summed E-state index contributed by atoms with van der Waals surface area (Å²) in [7, 11) is -1.08. The normalized spacial score (nSPS) is 12.0. The van der Waals surface area contributed by atoms with E-state index >= 15 is 0 Å². The molecule has 0 unspecified atom stereocenters. The van der Waals surface area contributed by atoms with Gasteiger partial charge in [-0.1, -0.05) is 49.5 Å². The Morgan fingerprint density at radius 3 is 2.24 bits per heavy atom. The lowest BCUT2D eigenvalue weighted by atomic mass is 10.1. The highest BCUT2D eigenvalue weighted by Gasteiger charge is 2.33. The number of unbranched alkanes of at least 4 members (excludes halogenated alkanes) is 1. The van der Waals surface area contributed by atoms with Gasteiger partial charge in [0.25, 0.3) is 0 Å². The second kappa shape index (κ2) is 14.5. The Kier molecular flexibility index (Phi) is 12.0. The summed E-state index contributed by atoms with van der Waals surface area (Å²) in [5, 5.41) is 3.52. The highest BCUT2D eigenvalue weighted by Crippen LogP contribution is 2.34. The largest absolute Gasteiger partial charge is 0.497 e. The van der Waals surface area contributed by atoms with E-state index in [1.807, 2.05) is 6.92 Å². The van der Waals surface area contributed by atoms with Crippen LogP contribution in [0.25, 0.3) is 0 Å². The molecule has 2 amide bonds. The van der Waals surface area contributed by atoms with Crippen LogP contribution in [0.4, 0.5) is 5.69 Å². The number of hydrogen-bond acceptors (Lipinski definition) is 6. The molecule has 38 heavy (non-hydrogen) atoms. The summed E-state index contributed by atoms with van der Waals surface area (Å²) >= 11 is 12.8. The Labute approximate surface area is 235 Å². The minimum atomic E-state index is -3.95. The number of nitrogens with one attached hydrogen (secondary N) is 1. The van der Waals surface area contributed by atoms with E-state index in [9.17, 15) is 18.0 Å². The number of amides is 2. The van der Waals surface area contributed by atoms with Crippen molar-refractivity contribution in [3.8, 4) is 11.5 Å². The quantitative estimate of drug-likeness (QED) is 0.326. The van der Waals surface area contributed by atoms with Gasteiger partial charge in [-0.2, -0.15) is 0 Å². The van der Waals surface area contributed by atoms with Crippen molar-refractivity contribution in [2.75, 3.05) is 37.9 Å².